The third kappa shape index (κ3) is 5.25. The molecular formula is C19H17BrN2O2. The smallest absolute Gasteiger partial charge is 0.261 e. The van der Waals surface area contributed by atoms with E-state index in [0.717, 1.165) is 17.3 Å². The molecule has 0 aliphatic rings. The molecule has 0 radical (unpaired) electrons. The van der Waals surface area contributed by atoms with Crippen LogP contribution < -0.4 is 5.32 Å². The highest BCUT2D eigenvalue weighted by Gasteiger charge is 2.10. The van der Waals surface area contributed by atoms with Gasteiger partial charge in [0.1, 0.15) is 17.4 Å². The maximum Gasteiger partial charge on any atom is 0.261 e. The zero-order valence-corrected chi connectivity index (χ0v) is 14.6. The molecule has 0 atom stereocenters. The Hall–Kier alpha value is -2.58. The minimum absolute atomic E-state index is 0.0165. The van der Waals surface area contributed by atoms with Gasteiger partial charge in [0.05, 0.1) is 0 Å². The van der Waals surface area contributed by atoms with Gasteiger partial charge in [-0.1, -0.05) is 46.3 Å². The van der Waals surface area contributed by atoms with E-state index >= 15 is 0 Å². The SMILES string of the molecule is N#C/C(=C/c1cc(Br)ccc1O)C(=O)NCCCc1ccccc1. The van der Waals surface area contributed by atoms with Crippen molar-refractivity contribution in [3.05, 3.63) is 69.7 Å². The Morgan fingerprint density at radius 2 is 2.00 bits per heavy atom. The number of amides is 1. The van der Waals surface area contributed by atoms with Gasteiger partial charge in [0.2, 0.25) is 0 Å². The predicted molar refractivity (Wildman–Crippen MR) is 97.2 cm³/mol. The summed E-state index contributed by atoms with van der Waals surface area (Å²) in [4.78, 5) is 12.1. The second-order valence-electron chi connectivity index (χ2n) is 5.22. The van der Waals surface area contributed by atoms with Crippen LogP contribution in [0.25, 0.3) is 6.08 Å². The lowest BCUT2D eigenvalue weighted by molar-refractivity contribution is -0.117. The molecule has 0 saturated heterocycles. The molecule has 122 valence electrons. The molecule has 4 nitrogen and oxygen atoms in total. The van der Waals surface area contributed by atoms with Crippen molar-refractivity contribution >= 4 is 27.9 Å². The second kappa shape index (κ2) is 8.90. The third-order valence-corrected chi connectivity index (χ3v) is 3.92. The molecule has 0 spiro atoms. The van der Waals surface area contributed by atoms with Crippen molar-refractivity contribution < 1.29 is 9.90 Å². The predicted octanol–water partition coefficient (Wildman–Crippen LogP) is 3.81. The summed E-state index contributed by atoms with van der Waals surface area (Å²) < 4.78 is 0.757. The highest BCUT2D eigenvalue weighted by atomic mass is 79.9. The number of phenolic OH excluding ortho intramolecular Hbond substituents is 1. The number of nitrogens with one attached hydrogen (secondary N) is 1. The number of phenols is 1. The minimum Gasteiger partial charge on any atom is -0.507 e. The van der Waals surface area contributed by atoms with Crippen molar-refractivity contribution in [2.45, 2.75) is 12.8 Å². The summed E-state index contributed by atoms with van der Waals surface area (Å²) in [6.45, 7) is 0.483. The average Bonchev–Trinajstić information content (AvgIpc) is 2.60. The topological polar surface area (TPSA) is 73.1 Å². The van der Waals surface area contributed by atoms with Crippen LogP contribution in [0.5, 0.6) is 5.75 Å². The monoisotopic (exact) mass is 384 g/mol. The summed E-state index contributed by atoms with van der Waals surface area (Å²) in [7, 11) is 0. The summed E-state index contributed by atoms with van der Waals surface area (Å²) in [5.74, 6) is -0.423. The van der Waals surface area contributed by atoms with Gasteiger partial charge in [-0.2, -0.15) is 5.26 Å². The van der Waals surface area contributed by atoms with E-state index in [9.17, 15) is 15.2 Å². The third-order valence-electron chi connectivity index (χ3n) is 3.43. The number of aromatic hydroxyl groups is 1. The normalized spacial score (nSPS) is 10.9. The van der Waals surface area contributed by atoms with Gasteiger partial charge in [0.25, 0.3) is 5.91 Å². The first-order valence-electron chi connectivity index (χ1n) is 7.52. The summed E-state index contributed by atoms with van der Waals surface area (Å²) >= 11 is 3.29. The number of carbonyl (C=O) groups excluding carboxylic acids is 1. The van der Waals surface area contributed by atoms with Crippen molar-refractivity contribution in [1.82, 2.24) is 5.32 Å². The van der Waals surface area contributed by atoms with Crippen LogP contribution in [-0.2, 0) is 11.2 Å². The fraction of sp³-hybridized carbons (Fsp3) is 0.158. The molecule has 0 aliphatic carbocycles. The van der Waals surface area contributed by atoms with E-state index in [2.05, 4.69) is 21.2 Å². The molecule has 2 aromatic rings. The van der Waals surface area contributed by atoms with Crippen molar-refractivity contribution in [1.29, 1.82) is 5.26 Å². The molecule has 2 aromatic carbocycles. The highest BCUT2D eigenvalue weighted by molar-refractivity contribution is 9.10. The Morgan fingerprint density at radius 1 is 1.25 bits per heavy atom. The van der Waals surface area contributed by atoms with Crippen LogP contribution in [0.1, 0.15) is 17.5 Å². The Kier molecular flexibility index (Phi) is 6.59. The molecule has 0 aromatic heterocycles. The lowest BCUT2D eigenvalue weighted by Gasteiger charge is -2.05. The van der Waals surface area contributed by atoms with Gasteiger partial charge in [-0.15, -0.1) is 0 Å². The van der Waals surface area contributed by atoms with Crippen molar-refractivity contribution in [2.75, 3.05) is 6.54 Å². The molecule has 1 amide bonds. The Labute approximate surface area is 149 Å². The highest BCUT2D eigenvalue weighted by Crippen LogP contribution is 2.24. The van der Waals surface area contributed by atoms with Gasteiger partial charge in [-0.3, -0.25) is 4.79 Å². The molecule has 0 aliphatic heterocycles. The number of nitrogens with zero attached hydrogens (tertiary/aromatic N) is 1. The molecule has 0 bridgehead atoms. The van der Waals surface area contributed by atoms with Crippen LogP contribution in [0.3, 0.4) is 0 Å². The number of benzene rings is 2. The number of hydrogen-bond acceptors (Lipinski definition) is 3. The lowest BCUT2D eigenvalue weighted by atomic mass is 10.1. The molecular weight excluding hydrogens is 368 g/mol. The Balaban J connectivity index is 1.93. The number of halogens is 1. The van der Waals surface area contributed by atoms with E-state index in [4.69, 9.17) is 0 Å². The van der Waals surface area contributed by atoms with E-state index in [-0.39, 0.29) is 11.3 Å². The molecule has 0 heterocycles. The van der Waals surface area contributed by atoms with E-state index in [1.807, 2.05) is 36.4 Å². The van der Waals surface area contributed by atoms with Gasteiger partial charge in [-0.25, -0.2) is 0 Å². The summed E-state index contributed by atoms with van der Waals surface area (Å²) in [6.07, 6.45) is 3.03. The van der Waals surface area contributed by atoms with Crippen LogP contribution in [0.15, 0.2) is 58.6 Å². The van der Waals surface area contributed by atoms with E-state index < -0.39 is 5.91 Å². The van der Waals surface area contributed by atoms with Gasteiger partial charge in [0, 0.05) is 16.6 Å². The van der Waals surface area contributed by atoms with Crippen molar-refractivity contribution in [3.63, 3.8) is 0 Å². The molecule has 2 N–H and O–H groups in total. The largest absolute Gasteiger partial charge is 0.507 e. The Morgan fingerprint density at radius 3 is 2.71 bits per heavy atom. The first-order chi connectivity index (χ1) is 11.6. The lowest BCUT2D eigenvalue weighted by Crippen LogP contribution is -2.25. The van der Waals surface area contributed by atoms with Crippen LogP contribution in [-0.4, -0.2) is 17.6 Å². The average molecular weight is 385 g/mol. The quantitative estimate of drug-likeness (QED) is 0.451. The number of carbonyl (C=O) groups is 1. The number of nitriles is 1. The van der Waals surface area contributed by atoms with Crippen LogP contribution >= 0.6 is 15.9 Å². The maximum atomic E-state index is 12.1. The molecule has 2 rings (SSSR count). The first-order valence-corrected chi connectivity index (χ1v) is 8.32. The van der Waals surface area contributed by atoms with E-state index in [0.29, 0.717) is 12.1 Å². The van der Waals surface area contributed by atoms with Gasteiger partial charge in [0.15, 0.2) is 0 Å². The zero-order valence-electron chi connectivity index (χ0n) is 13.0. The minimum atomic E-state index is -0.440. The second-order valence-corrected chi connectivity index (χ2v) is 6.13. The van der Waals surface area contributed by atoms with Crippen molar-refractivity contribution in [2.24, 2.45) is 0 Å². The molecule has 24 heavy (non-hydrogen) atoms. The Bertz CT molecular complexity index is 780. The molecule has 5 heteroatoms. The first kappa shape index (κ1) is 17.8. The fourth-order valence-electron chi connectivity index (χ4n) is 2.18. The number of rotatable bonds is 6. The van der Waals surface area contributed by atoms with Crippen LogP contribution in [0.2, 0.25) is 0 Å². The summed E-state index contributed by atoms with van der Waals surface area (Å²) in [5.41, 5.74) is 1.59. The van der Waals surface area contributed by atoms with E-state index in [1.165, 1.54) is 17.7 Å². The van der Waals surface area contributed by atoms with Crippen molar-refractivity contribution in [3.8, 4) is 11.8 Å². The summed E-state index contributed by atoms with van der Waals surface area (Å²) in [6, 6.07) is 16.7. The summed E-state index contributed by atoms with van der Waals surface area (Å²) in [5, 5.41) is 21.7. The fourth-order valence-corrected chi connectivity index (χ4v) is 2.56. The zero-order chi connectivity index (χ0) is 17.4. The number of hydrogen-bond donors (Lipinski definition) is 2. The van der Waals surface area contributed by atoms with Gasteiger partial charge < -0.3 is 10.4 Å². The molecule has 0 fully saturated rings. The van der Waals surface area contributed by atoms with Gasteiger partial charge in [-0.05, 0) is 42.7 Å². The molecule has 0 unspecified atom stereocenters. The number of aryl methyl sites for hydroxylation is 1. The van der Waals surface area contributed by atoms with Crippen LogP contribution in [0, 0.1) is 11.3 Å². The van der Waals surface area contributed by atoms with E-state index in [1.54, 1.807) is 12.1 Å². The standard InChI is InChI=1S/C19H17BrN2O2/c20-17-8-9-18(23)15(12-17)11-16(13-21)19(24)22-10-4-7-14-5-2-1-3-6-14/h1-3,5-6,8-9,11-12,23H,4,7,10H2,(H,22,24)/b16-11-. The van der Waals surface area contributed by atoms with Crippen LogP contribution in [0.4, 0.5) is 0 Å². The molecule has 0 saturated carbocycles. The maximum absolute atomic E-state index is 12.1. The van der Waals surface area contributed by atoms with Gasteiger partial charge >= 0.3 is 0 Å².